The first-order chi connectivity index (χ1) is 9.63. The number of hydrogen-bond acceptors (Lipinski definition) is 2. The van der Waals surface area contributed by atoms with Crippen molar-refractivity contribution in [3.05, 3.63) is 35.9 Å². The van der Waals surface area contributed by atoms with Gasteiger partial charge in [0.2, 0.25) is 0 Å². The highest BCUT2D eigenvalue weighted by atomic mass is 15.2. The summed E-state index contributed by atoms with van der Waals surface area (Å²) in [5.41, 5.74) is 1.52. The third-order valence-electron chi connectivity index (χ3n) is 4.89. The van der Waals surface area contributed by atoms with Crippen molar-refractivity contribution >= 4 is 0 Å². The SMILES string of the molecule is CCNC1CCC(c2ccccc2)CC1N(C)C(C)C. The lowest BCUT2D eigenvalue weighted by Gasteiger charge is -2.43. The highest BCUT2D eigenvalue weighted by Gasteiger charge is 2.33. The molecule has 1 saturated carbocycles. The molecule has 1 aromatic carbocycles. The normalized spacial score (nSPS) is 27.2. The molecule has 0 saturated heterocycles. The first-order valence-electron chi connectivity index (χ1n) is 8.13. The molecule has 3 unspecified atom stereocenters. The molecule has 0 aromatic heterocycles. The second-order valence-corrected chi connectivity index (χ2v) is 6.41. The van der Waals surface area contributed by atoms with Gasteiger partial charge < -0.3 is 5.32 Å². The molecule has 0 bridgehead atoms. The lowest BCUT2D eigenvalue weighted by molar-refractivity contribution is 0.112. The largest absolute Gasteiger partial charge is 0.313 e. The molecule has 20 heavy (non-hydrogen) atoms. The van der Waals surface area contributed by atoms with Crippen LogP contribution in [0.3, 0.4) is 0 Å². The molecule has 3 atom stereocenters. The molecule has 1 aliphatic rings. The van der Waals surface area contributed by atoms with E-state index in [0.29, 0.717) is 18.1 Å². The average molecular weight is 274 g/mol. The van der Waals surface area contributed by atoms with Crippen LogP contribution < -0.4 is 5.32 Å². The van der Waals surface area contributed by atoms with Crippen LogP contribution in [0, 0.1) is 0 Å². The van der Waals surface area contributed by atoms with E-state index in [2.05, 4.69) is 68.4 Å². The first kappa shape index (κ1) is 15.5. The monoisotopic (exact) mass is 274 g/mol. The summed E-state index contributed by atoms with van der Waals surface area (Å²) in [6.07, 6.45) is 3.87. The van der Waals surface area contributed by atoms with E-state index in [1.165, 1.54) is 24.8 Å². The number of nitrogens with one attached hydrogen (secondary N) is 1. The van der Waals surface area contributed by atoms with Crippen molar-refractivity contribution in [2.24, 2.45) is 0 Å². The van der Waals surface area contributed by atoms with E-state index in [0.717, 1.165) is 12.5 Å². The minimum Gasteiger partial charge on any atom is -0.313 e. The number of likely N-dealkylation sites (N-methyl/N-ethyl adjacent to an activating group) is 2. The summed E-state index contributed by atoms with van der Waals surface area (Å²) in [6, 6.07) is 13.0. The maximum Gasteiger partial charge on any atom is 0.0254 e. The van der Waals surface area contributed by atoms with Crippen LogP contribution in [0.1, 0.15) is 51.5 Å². The van der Waals surface area contributed by atoms with Gasteiger partial charge in [-0.05, 0) is 58.2 Å². The molecule has 0 aliphatic heterocycles. The van der Waals surface area contributed by atoms with E-state index in [1.807, 2.05) is 0 Å². The molecule has 1 aliphatic carbocycles. The van der Waals surface area contributed by atoms with Crippen molar-refractivity contribution in [3.8, 4) is 0 Å². The van der Waals surface area contributed by atoms with Crippen LogP contribution in [-0.2, 0) is 0 Å². The number of rotatable bonds is 5. The Hall–Kier alpha value is -0.860. The molecule has 1 aromatic rings. The van der Waals surface area contributed by atoms with Gasteiger partial charge in [0.15, 0.2) is 0 Å². The van der Waals surface area contributed by atoms with Gasteiger partial charge in [0, 0.05) is 18.1 Å². The predicted molar refractivity (Wildman–Crippen MR) is 87.2 cm³/mol. The maximum atomic E-state index is 3.70. The fourth-order valence-electron chi connectivity index (χ4n) is 3.51. The van der Waals surface area contributed by atoms with Crippen LogP contribution in [0.4, 0.5) is 0 Å². The smallest absolute Gasteiger partial charge is 0.0254 e. The summed E-state index contributed by atoms with van der Waals surface area (Å²) < 4.78 is 0. The lowest BCUT2D eigenvalue weighted by Crippen LogP contribution is -2.53. The summed E-state index contributed by atoms with van der Waals surface area (Å²) in [7, 11) is 2.28. The zero-order chi connectivity index (χ0) is 14.5. The molecule has 0 spiro atoms. The summed E-state index contributed by atoms with van der Waals surface area (Å²) in [5.74, 6) is 0.720. The minimum absolute atomic E-state index is 0.607. The van der Waals surface area contributed by atoms with Crippen molar-refractivity contribution in [3.63, 3.8) is 0 Å². The Morgan fingerprint density at radius 3 is 2.50 bits per heavy atom. The first-order valence-corrected chi connectivity index (χ1v) is 8.13. The van der Waals surface area contributed by atoms with E-state index >= 15 is 0 Å². The molecule has 2 heteroatoms. The van der Waals surface area contributed by atoms with Crippen LogP contribution in [0.25, 0.3) is 0 Å². The van der Waals surface area contributed by atoms with Crippen LogP contribution in [0.15, 0.2) is 30.3 Å². The minimum atomic E-state index is 0.607. The quantitative estimate of drug-likeness (QED) is 0.882. The molecule has 112 valence electrons. The van der Waals surface area contributed by atoms with Gasteiger partial charge in [-0.25, -0.2) is 0 Å². The van der Waals surface area contributed by atoms with E-state index in [4.69, 9.17) is 0 Å². The Balaban J connectivity index is 2.11. The maximum absolute atomic E-state index is 3.70. The van der Waals surface area contributed by atoms with Crippen molar-refractivity contribution in [2.75, 3.05) is 13.6 Å². The van der Waals surface area contributed by atoms with Gasteiger partial charge in [0.1, 0.15) is 0 Å². The highest BCUT2D eigenvalue weighted by Crippen LogP contribution is 2.35. The Morgan fingerprint density at radius 1 is 1.20 bits per heavy atom. The third-order valence-corrected chi connectivity index (χ3v) is 4.89. The van der Waals surface area contributed by atoms with Gasteiger partial charge >= 0.3 is 0 Å². The van der Waals surface area contributed by atoms with E-state index < -0.39 is 0 Å². The van der Waals surface area contributed by atoms with Crippen molar-refractivity contribution in [2.45, 2.75) is 64.1 Å². The highest BCUT2D eigenvalue weighted by molar-refractivity contribution is 5.21. The van der Waals surface area contributed by atoms with Crippen LogP contribution >= 0.6 is 0 Å². The number of hydrogen-bond donors (Lipinski definition) is 1. The summed E-state index contributed by atoms with van der Waals surface area (Å²) >= 11 is 0. The summed E-state index contributed by atoms with van der Waals surface area (Å²) in [6.45, 7) is 7.89. The van der Waals surface area contributed by atoms with Crippen molar-refractivity contribution in [1.29, 1.82) is 0 Å². The second-order valence-electron chi connectivity index (χ2n) is 6.41. The Bertz CT molecular complexity index is 388. The topological polar surface area (TPSA) is 15.3 Å². The Morgan fingerprint density at radius 2 is 1.90 bits per heavy atom. The fourth-order valence-corrected chi connectivity index (χ4v) is 3.51. The lowest BCUT2D eigenvalue weighted by atomic mass is 9.78. The summed E-state index contributed by atoms with van der Waals surface area (Å²) in [5, 5.41) is 3.70. The zero-order valence-corrected chi connectivity index (χ0v) is 13.5. The van der Waals surface area contributed by atoms with E-state index in [1.54, 1.807) is 0 Å². The zero-order valence-electron chi connectivity index (χ0n) is 13.5. The fraction of sp³-hybridized carbons (Fsp3) is 0.667. The Kier molecular flexibility index (Phi) is 5.62. The van der Waals surface area contributed by atoms with E-state index in [9.17, 15) is 0 Å². The number of benzene rings is 1. The van der Waals surface area contributed by atoms with Gasteiger partial charge in [-0.3, -0.25) is 4.90 Å². The van der Waals surface area contributed by atoms with Crippen molar-refractivity contribution < 1.29 is 0 Å². The van der Waals surface area contributed by atoms with Gasteiger partial charge in [0.25, 0.3) is 0 Å². The van der Waals surface area contributed by atoms with Crippen LogP contribution in [0.2, 0.25) is 0 Å². The molecule has 0 heterocycles. The third kappa shape index (κ3) is 3.62. The van der Waals surface area contributed by atoms with E-state index in [-0.39, 0.29) is 0 Å². The molecule has 2 rings (SSSR count). The van der Waals surface area contributed by atoms with Crippen LogP contribution in [0.5, 0.6) is 0 Å². The molecule has 0 radical (unpaired) electrons. The van der Waals surface area contributed by atoms with Gasteiger partial charge in [0.05, 0.1) is 0 Å². The number of nitrogens with zero attached hydrogens (tertiary/aromatic N) is 1. The molecule has 2 nitrogen and oxygen atoms in total. The summed E-state index contributed by atoms with van der Waals surface area (Å²) in [4.78, 5) is 2.56. The standard InChI is InChI=1S/C18H30N2/c1-5-19-17-12-11-16(15-9-7-6-8-10-15)13-18(17)20(4)14(2)3/h6-10,14,16-19H,5,11-13H2,1-4H3. The molecule has 1 N–H and O–H groups in total. The van der Waals surface area contributed by atoms with Gasteiger partial charge in [-0.2, -0.15) is 0 Å². The van der Waals surface area contributed by atoms with Gasteiger partial charge in [-0.1, -0.05) is 37.3 Å². The van der Waals surface area contributed by atoms with Crippen molar-refractivity contribution in [1.82, 2.24) is 10.2 Å². The van der Waals surface area contributed by atoms with Crippen LogP contribution in [-0.4, -0.2) is 36.6 Å². The Labute approximate surface area is 124 Å². The predicted octanol–water partition coefficient (Wildman–Crippen LogP) is 3.64. The molecule has 0 amide bonds. The molecular weight excluding hydrogens is 244 g/mol. The second kappa shape index (κ2) is 7.24. The average Bonchev–Trinajstić information content (AvgIpc) is 2.48. The molecule has 1 fully saturated rings. The molecular formula is C18H30N2. The van der Waals surface area contributed by atoms with Gasteiger partial charge in [-0.15, -0.1) is 0 Å².